The second-order valence-electron chi connectivity index (χ2n) is 24.8. The summed E-state index contributed by atoms with van der Waals surface area (Å²) in [5, 5.41) is 20.5. The summed E-state index contributed by atoms with van der Waals surface area (Å²) >= 11 is 1.42. The van der Waals surface area contributed by atoms with Gasteiger partial charge in [-0.15, -0.1) is 11.8 Å². The Hall–Kier alpha value is -7.72. The lowest BCUT2D eigenvalue weighted by molar-refractivity contribution is -0.154. The number of carboxylic acid groups (broad SMARTS) is 1. The van der Waals surface area contributed by atoms with E-state index >= 15 is 0 Å². The van der Waals surface area contributed by atoms with E-state index in [1.165, 1.54) is 37.7 Å². The van der Waals surface area contributed by atoms with E-state index < -0.39 is 114 Å². The van der Waals surface area contributed by atoms with Crippen molar-refractivity contribution in [2.24, 2.45) is 17.8 Å². The number of rotatable bonds is 35. The molecule has 21 nitrogen and oxygen atoms in total. The van der Waals surface area contributed by atoms with Crippen molar-refractivity contribution in [2.45, 2.75) is 182 Å². The van der Waals surface area contributed by atoms with Crippen molar-refractivity contribution in [2.75, 3.05) is 46.0 Å². The lowest BCUT2D eigenvalue weighted by atomic mass is 9.90. The number of likely N-dealkylation sites (N-methyl/N-ethyl adjacent to an activating group) is 2. The number of thioether (sulfide) groups is 1. The Bertz CT molecular complexity index is 2960. The largest absolute Gasteiger partial charge is 0.480 e. The molecule has 0 heterocycles. The molecule has 3 aromatic carbocycles. The molecule has 3 aromatic rings. The first-order chi connectivity index (χ1) is 43.0. The van der Waals surface area contributed by atoms with Gasteiger partial charge in [0.25, 0.3) is 5.91 Å². The number of aliphatic carboxylic acids is 1. The molecule has 1 unspecified atom stereocenters. The number of carbonyl (C=O) groups is 9. The summed E-state index contributed by atoms with van der Waals surface area (Å²) in [6, 6.07) is 20.1. The Morgan fingerprint density at radius 2 is 1.40 bits per heavy atom. The summed E-state index contributed by atoms with van der Waals surface area (Å²) in [4.78, 5) is 125. The van der Waals surface area contributed by atoms with Crippen LogP contribution in [0, 0.1) is 17.8 Å². The van der Waals surface area contributed by atoms with Gasteiger partial charge in [0.1, 0.15) is 42.5 Å². The normalized spacial score (nSPS) is 15.3. The number of alkyl carbamates (subject to hydrolysis) is 2. The van der Waals surface area contributed by atoms with E-state index in [0.717, 1.165) is 27.2 Å². The van der Waals surface area contributed by atoms with Gasteiger partial charge in [-0.25, -0.2) is 24.0 Å². The molecule has 9 atom stereocenters. The molecule has 4 rings (SSSR count). The molecule has 5 N–H and O–H groups in total. The van der Waals surface area contributed by atoms with Gasteiger partial charge >= 0.3 is 30.1 Å². The third kappa shape index (κ3) is 23.8. The number of carbonyl (C=O) groups excluding carboxylic acids is 8. The van der Waals surface area contributed by atoms with Crippen molar-refractivity contribution >= 4 is 65.5 Å². The highest BCUT2D eigenvalue weighted by molar-refractivity contribution is 7.98. The number of hydrogen-bond donors (Lipinski definition) is 5. The van der Waals surface area contributed by atoms with Crippen LogP contribution in [0.15, 0.2) is 102 Å². The molecule has 0 aromatic heterocycles. The summed E-state index contributed by atoms with van der Waals surface area (Å²) in [6.07, 6.45) is 2.83. The van der Waals surface area contributed by atoms with Gasteiger partial charge in [-0.1, -0.05) is 132 Å². The van der Waals surface area contributed by atoms with Crippen molar-refractivity contribution in [3.05, 3.63) is 119 Å². The lowest BCUT2D eigenvalue weighted by Crippen LogP contribution is -2.56. The molecule has 91 heavy (non-hydrogen) atoms. The molecule has 6 amide bonds. The van der Waals surface area contributed by atoms with Gasteiger partial charge in [0.15, 0.2) is 6.10 Å². The SMILES string of the molecule is C/C=C(\C)[C@@H](OC(=O)[C@@H](CCCCNC(=O)OC(C)(C)C)NC(=O)OCC1c2ccccc2-c2ccccc21)[C@@H](C)[C@H](C/C=C(\C)C(=O)O[C@H](CC(C)C)C(=O)N[C@@H](C)C(=O)N(C)[C@H](Cc1ccccc1)C(=O)N(C)CC(=O)N[C@H](C(=O)O)C(C)CC)OCSC. The second kappa shape index (κ2) is 37.0. The van der Waals surface area contributed by atoms with Crippen molar-refractivity contribution in [1.29, 1.82) is 0 Å². The number of allylic oxidation sites excluding steroid dienone is 1. The van der Waals surface area contributed by atoms with E-state index in [2.05, 4.69) is 21.3 Å². The van der Waals surface area contributed by atoms with Crippen LogP contribution in [0.5, 0.6) is 0 Å². The van der Waals surface area contributed by atoms with E-state index in [9.17, 15) is 48.3 Å². The molecule has 22 heteroatoms. The zero-order valence-electron chi connectivity index (χ0n) is 55.8. The number of hydrogen-bond acceptors (Lipinski definition) is 15. The number of nitrogens with zero attached hydrogens (tertiary/aromatic N) is 2. The highest BCUT2D eigenvalue weighted by atomic mass is 32.2. The zero-order valence-corrected chi connectivity index (χ0v) is 56.6. The summed E-state index contributed by atoms with van der Waals surface area (Å²) in [5.41, 5.74) is 5.04. The third-order valence-corrected chi connectivity index (χ3v) is 16.4. The molecule has 0 fully saturated rings. The Morgan fingerprint density at radius 1 is 0.780 bits per heavy atom. The average Bonchev–Trinajstić information content (AvgIpc) is 1.65. The van der Waals surface area contributed by atoms with Crippen LogP contribution in [0.25, 0.3) is 11.1 Å². The van der Waals surface area contributed by atoms with Crippen LogP contribution in [0.1, 0.15) is 144 Å². The Labute approximate surface area is 541 Å². The first-order valence-electron chi connectivity index (χ1n) is 31.3. The quantitative estimate of drug-likeness (QED) is 0.00915. The molecule has 500 valence electrons. The minimum atomic E-state index is -1.34. The zero-order chi connectivity index (χ0) is 67.7. The van der Waals surface area contributed by atoms with E-state index in [1.807, 2.05) is 95.5 Å². The van der Waals surface area contributed by atoms with E-state index in [1.54, 1.807) is 78.0 Å². The molecular weight excluding hydrogens is 1180 g/mol. The minimum Gasteiger partial charge on any atom is -0.480 e. The highest BCUT2D eigenvalue weighted by Crippen LogP contribution is 2.44. The van der Waals surface area contributed by atoms with Crippen LogP contribution in [-0.4, -0.2) is 163 Å². The van der Waals surface area contributed by atoms with Gasteiger partial charge in [-0.05, 0) is 132 Å². The number of ether oxygens (including phenoxy) is 5. The van der Waals surface area contributed by atoms with Crippen LogP contribution in [0.4, 0.5) is 9.59 Å². The monoisotopic (exact) mass is 1280 g/mol. The summed E-state index contributed by atoms with van der Waals surface area (Å²) in [7, 11) is 2.80. The standard InChI is InChI=1S/C69H98N6O15S/c1-16-43(5)59(64(80)81)73-58(76)39-74(13)63(79)55(38-48-27-19-18-20-28-48)75(14)62(78)47(9)71-61(77)57(37-42(3)4)88-65(82)45(7)34-35-56(87-41-91-15)46(8)60(44(6)17-2)89-66(83)54(33-25-26-36-70-67(84)90-69(10,11)12)72-68(85)86-40-53-51-31-23-21-29-49(51)50-30-22-24-32-52(50)53/h17-24,27-32,34,42-43,46-47,53-57,59-60H,16,25-26,33,35-41H2,1-15H3,(H,70,84)(H,71,77)(H,72,85)(H,73,76)(H,80,81)/b44-17+,45-34+/t43?,46-,47-,54+,55+,56-,57+,59-,60+/m0/s1. The van der Waals surface area contributed by atoms with Gasteiger partial charge in [0.05, 0.1) is 18.6 Å². The maximum absolute atomic E-state index is 14.5. The van der Waals surface area contributed by atoms with E-state index in [-0.39, 0.29) is 68.1 Å². The van der Waals surface area contributed by atoms with E-state index in [4.69, 9.17) is 23.7 Å². The predicted molar refractivity (Wildman–Crippen MR) is 350 cm³/mol. The molecule has 1 aliphatic carbocycles. The van der Waals surface area contributed by atoms with Gasteiger partial charge in [0.2, 0.25) is 17.7 Å². The van der Waals surface area contributed by atoms with Crippen LogP contribution in [0.3, 0.4) is 0 Å². The summed E-state index contributed by atoms with van der Waals surface area (Å²) in [6.45, 7) is 20.8. The molecule has 0 saturated heterocycles. The van der Waals surface area contributed by atoms with Gasteiger partial charge in [0, 0.05) is 44.5 Å². The number of esters is 2. The first kappa shape index (κ1) is 75.7. The molecular formula is C69H98N6O15S. The lowest BCUT2D eigenvalue weighted by Gasteiger charge is -2.33. The van der Waals surface area contributed by atoms with Gasteiger partial charge < -0.3 is 59.9 Å². The maximum Gasteiger partial charge on any atom is 0.407 e. The van der Waals surface area contributed by atoms with Crippen LogP contribution in [-0.2, 0) is 63.7 Å². The Balaban J connectivity index is 1.50. The van der Waals surface area contributed by atoms with E-state index in [0.29, 0.717) is 30.4 Å². The molecule has 0 radical (unpaired) electrons. The molecule has 0 bridgehead atoms. The smallest absolute Gasteiger partial charge is 0.407 e. The van der Waals surface area contributed by atoms with Crippen molar-refractivity contribution in [3.8, 4) is 11.1 Å². The minimum absolute atomic E-state index is 0.0165. The first-order valence-corrected chi connectivity index (χ1v) is 32.7. The summed E-state index contributed by atoms with van der Waals surface area (Å²) < 4.78 is 29.9. The van der Waals surface area contributed by atoms with Crippen molar-refractivity contribution < 1.29 is 71.9 Å². The average molecular weight is 1280 g/mol. The van der Waals surface area contributed by atoms with Crippen LogP contribution < -0.4 is 21.3 Å². The molecule has 0 saturated carbocycles. The van der Waals surface area contributed by atoms with Crippen molar-refractivity contribution in [3.63, 3.8) is 0 Å². The number of fused-ring (bicyclic) bond motifs is 3. The Morgan fingerprint density at radius 3 is 1.97 bits per heavy atom. The van der Waals surface area contributed by atoms with Crippen LogP contribution >= 0.6 is 11.8 Å². The summed E-state index contributed by atoms with van der Waals surface area (Å²) in [5.74, 6) is -6.46. The number of benzene rings is 3. The number of nitrogens with one attached hydrogen (secondary N) is 4. The van der Waals surface area contributed by atoms with Crippen molar-refractivity contribution in [1.82, 2.24) is 31.1 Å². The highest BCUT2D eigenvalue weighted by Gasteiger charge is 2.38. The fraction of sp³-hybridized carbons (Fsp3) is 0.551. The second-order valence-corrected chi connectivity index (χ2v) is 25.6. The number of carboxylic acids is 1. The molecule has 0 spiro atoms. The topological polar surface area (TPSA) is 275 Å². The number of amides is 6. The number of unbranched alkanes of at least 4 members (excludes halogenated alkanes) is 1. The predicted octanol–water partition coefficient (Wildman–Crippen LogP) is 9.75. The Kier molecular flexibility index (Phi) is 30.8. The molecule has 0 aliphatic heterocycles. The fourth-order valence-corrected chi connectivity index (χ4v) is 10.8. The maximum atomic E-state index is 14.5. The van der Waals surface area contributed by atoms with Crippen LogP contribution in [0.2, 0.25) is 0 Å². The molecule has 1 aliphatic rings. The van der Waals surface area contributed by atoms with Gasteiger partial charge in [-0.3, -0.25) is 19.2 Å². The fourth-order valence-electron chi connectivity index (χ4n) is 10.5. The third-order valence-electron chi connectivity index (χ3n) is 16.0. The van der Waals surface area contributed by atoms with Gasteiger partial charge in [-0.2, -0.15) is 0 Å².